The van der Waals surface area contributed by atoms with E-state index in [1.54, 1.807) is 21.3 Å². The number of nitriles is 1. The van der Waals surface area contributed by atoms with E-state index in [2.05, 4.69) is 74.7 Å². The lowest BCUT2D eigenvalue weighted by Crippen LogP contribution is -2.35. The van der Waals surface area contributed by atoms with Gasteiger partial charge in [-0.1, -0.05) is 119 Å². The van der Waals surface area contributed by atoms with E-state index in [-0.39, 0.29) is 14.7 Å². The maximum Gasteiger partial charge on any atom is 0.167 e. The van der Waals surface area contributed by atoms with Crippen LogP contribution in [0.3, 0.4) is 0 Å². The summed E-state index contributed by atoms with van der Waals surface area (Å²) < 4.78 is 30.7. The Kier molecular flexibility index (Phi) is 19.1. The average Bonchev–Trinajstić information content (AvgIpc) is 3.28. The molecule has 2 atom stereocenters. The Morgan fingerprint density at radius 2 is 1.47 bits per heavy atom. The van der Waals surface area contributed by atoms with Crippen molar-refractivity contribution in [1.82, 2.24) is 10.3 Å². The van der Waals surface area contributed by atoms with E-state index in [1.807, 2.05) is 84.9 Å². The molecule has 1 heterocycles. The van der Waals surface area contributed by atoms with Crippen molar-refractivity contribution in [2.24, 2.45) is 5.92 Å². The lowest BCUT2D eigenvalue weighted by atomic mass is 9.79. The van der Waals surface area contributed by atoms with Gasteiger partial charge in [-0.15, -0.1) is 0 Å². The minimum atomic E-state index is -1.000. The van der Waals surface area contributed by atoms with Gasteiger partial charge in [-0.2, -0.15) is 5.26 Å². The maximum absolute atomic E-state index is 9.07. The Balaban J connectivity index is 0.000000955. The molecular weight excluding hydrogens is 815 g/mol. The average molecular weight is 878 g/mol. The van der Waals surface area contributed by atoms with Crippen molar-refractivity contribution in [2.45, 2.75) is 71.1 Å². The smallest absolute Gasteiger partial charge is 0.167 e. The molecule has 0 spiro atoms. The van der Waals surface area contributed by atoms with Gasteiger partial charge in [-0.05, 0) is 78.5 Å². The molecule has 0 fully saturated rings. The number of methoxy groups -OCH3 is 3. The van der Waals surface area contributed by atoms with E-state index < -0.39 is 5.60 Å². The van der Waals surface area contributed by atoms with Gasteiger partial charge in [0.1, 0.15) is 11.4 Å². The molecule has 0 aliphatic carbocycles. The number of anilines is 1. The van der Waals surface area contributed by atoms with Crippen LogP contribution in [0.2, 0.25) is 5.02 Å². The molecule has 0 aliphatic rings. The van der Waals surface area contributed by atoms with E-state index in [0.717, 1.165) is 81.9 Å². The molecule has 0 aliphatic heterocycles. The number of unbranched alkanes of at least 4 members (excludes halogenated alkanes) is 1. The van der Waals surface area contributed by atoms with Gasteiger partial charge in [0.15, 0.2) is 11.5 Å². The second-order valence-electron chi connectivity index (χ2n) is 15.7. The van der Waals surface area contributed by atoms with Crippen LogP contribution in [-0.4, -0.2) is 64.3 Å². The van der Waals surface area contributed by atoms with Crippen LogP contribution in [0.4, 0.5) is 5.69 Å². The van der Waals surface area contributed by atoms with Crippen LogP contribution in [0.15, 0.2) is 115 Å². The van der Waals surface area contributed by atoms with E-state index in [4.69, 9.17) is 45.3 Å². The minimum absolute atomic E-state index is 0.179. The van der Waals surface area contributed by atoms with Gasteiger partial charge in [-0.25, -0.2) is 4.98 Å². The molecule has 11 heteroatoms. The lowest BCUT2D eigenvalue weighted by molar-refractivity contribution is -0.00785. The zero-order valence-electron chi connectivity index (χ0n) is 37.2. The Morgan fingerprint density at radius 1 is 0.758 bits per heavy atom. The number of pyridine rings is 1. The quantitative estimate of drug-likeness (QED) is 0.0298. The highest BCUT2D eigenvalue weighted by atomic mass is 35.5. The second-order valence-corrected chi connectivity index (χ2v) is 17.1. The van der Waals surface area contributed by atoms with Crippen LogP contribution in [0, 0.1) is 17.2 Å². The topological polar surface area (TPSA) is 107 Å². The van der Waals surface area contributed by atoms with Crippen LogP contribution in [0.25, 0.3) is 21.8 Å². The normalized spacial score (nSPS) is 12.1. The predicted octanol–water partition coefficient (Wildman–Crippen LogP) is 12.2. The van der Waals surface area contributed by atoms with Crippen LogP contribution in [-0.2, 0) is 14.9 Å². The number of nitrogens with zero attached hydrogens (tertiary/aromatic N) is 2. The molecule has 0 bridgehead atoms. The number of para-hydroxylation sites is 1. The number of fused-ring (bicyclic) bond motifs is 2. The highest BCUT2D eigenvalue weighted by Crippen LogP contribution is 2.48. The zero-order valence-corrected chi connectivity index (χ0v) is 38.9. The van der Waals surface area contributed by atoms with E-state index in [9.17, 15) is 0 Å². The van der Waals surface area contributed by atoms with Crippen LogP contribution in [0.5, 0.6) is 17.2 Å². The van der Waals surface area contributed by atoms with Crippen LogP contribution >= 0.6 is 20.4 Å². The van der Waals surface area contributed by atoms with E-state index >= 15 is 0 Å². The summed E-state index contributed by atoms with van der Waals surface area (Å²) in [6.45, 7) is 10.3. The third kappa shape index (κ3) is 12.8. The molecule has 6 rings (SSSR count). The molecule has 6 aromatic rings. The molecule has 9 nitrogen and oxygen atoms in total. The summed E-state index contributed by atoms with van der Waals surface area (Å²) in [5.41, 5.74) is 4.57. The van der Waals surface area contributed by atoms with Gasteiger partial charge in [0.05, 0.1) is 63.8 Å². The molecule has 0 amide bonds. The van der Waals surface area contributed by atoms with Crippen LogP contribution < -0.4 is 24.8 Å². The van der Waals surface area contributed by atoms with Crippen LogP contribution in [0.1, 0.15) is 70.1 Å². The van der Waals surface area contributed by atoms with Gasteiger partial charge in [0.25, 0.3) is 0 Å². The fourth-order valence-corrected chi connectivity index (χ4v) is 8.81. The molecule has 0 radical (unpaired) electrons. The zero-order chi connectivity index (χ0) is 44.3. The summed E-state index contributed by atoms with van der Waals surface area (Å²) in [6, 6.07) is 41.8. The standard InChI is InChI=1S/C45H47ClN3O5P.C6H15N/c1-50-36-22-24-40-38(29-36)43(37-23-21-35(46)28-41(37)49-40)48-26-11-10-14-32(31-55-54-27-13-25-47)30-53-45(33-15-6-4-7-16-33,34-17-8-5-9-18-34)39-19-12-20-42(51-2)44(39)52-3;1-5(2)7-6(3)4/h4-9,12,15-24,28-29,32,55H,10-11,13-14,26-27,30-31H2,1-3H3,(H,48,49);5-7H,1-4H3. The van der Waals surface area contributed by atoms with Gasteiger partial charge in [0.2, 0.25) is 0 Å². The first kappa shape index (κ1) is 48.1. The Labute approximate surface area is 375 Å². The molecule has 328 valence electrons. The number of hydrogen-bond acceptors (Lipinski definition) is 9. The van der Waals surface area contributed by atoms with Gasteiger partial charge in [-0.3, -0.25) is 0 Å². The number of nitrogens with one attached hydrogen (secondary N) is 2. The summed E-state index contributed by atoms with van der Waals surface area (Å²) in [6.07, 6.45) is 4.01. The SMILES string of the molecule is CC(C)NC(C)C.COc1ccc2nc3cc(Cl)ccc3c(NCCCCC(COC(c3ccccc3)(c3ccccc3)c3cccc(OC)c3OC)CPOCCC#N)c2c1. The van der Waals surface area contributed by atoms with Crippen molar-refractivity contribution in [3.8, 4) is 23.3 Å². The monoisotopic (exact) mass is 876 g/mol. The van der Waals surface area contributed by atoms with E-state index in [0.29, 0.717) is 48.2 Å². The molecular formula is C51H62ClN4O5P. The fraction of sp³-hybridized carbons (Fsp3) is 0.373. The van der Waals surface area contributed by atoms with Crippen molar-refractivity contribution < 1.29 is 23.5 Å². The first-order valence-electron chi connectivity index (χ1n) is 21.4. The third-order valence-corrected chi connectivity index (χ3v) is 11.8. The number of benzene rings is 5. The van der Waals surface area contributed by atoms with Crippen molar-refractivity contribution in [1.29, 1.82) is 5.26 Å². The predicted molar refractivity (Wildman–Crippen MR) is 258 cm³/mol. The Bertz CT molecular complexity index is 2280. The molecule has 5 aromatic carbocycles. The number of aromatic nitrogens is 1. The summed E-state index contributed by atoms with van der Waals surface area (Å²) in [7, 11) is 5.25. The molecule has 62 heavy (non-hydrogen) atoms. The Hall–Kier alpha value is -4.94. The molecule has 2 unspecified atom stereocenters. The largest absolute Gasteiger partial charge is 0.497 e. The molecule has 2 N–H and O–H groups in total. The van der Waals surface area contributed by atoms with Gasteiger partial charge < -0.3 is 34.1 Å². The summed E-state index contributed by atoms with van der Waals surface area (Å²) in [5, 5.41) is 18.8. The number of halogens is 1. The number of hydrogen-bond donors (Lipinski definition) is 2. The summed E-state index contributed by atoms with van der Waals surface area (Å²) >= 11 is 6.37. The summed E-state index contributed by atoms with van der Waals surface area (Å²) in [4.78, 5) is 4.88. The van der Waals surface area contributed by atoms with Crippen molar-refractivity contribution >= 4 is 47.9 Å². The first-order valence-corrected chi connectivity index (χ1v) is 22.9. The minimum Gasteiger partial charge on any atom is -0.497 e. The van der Waals surface area contributed by atoms with Crippen molar-refractivity contribution in [2.75, 3.05) is 52.6 Å². The number of rotatable bonds is 22. The van der Waals surface area contributed by atoms with E-state index in [1.165, 1.54) is 0 Å². The highest BCUT2D eigenvalue weighted by molar-refractivity contribution is 7.32. The fourth-order valence-electron chi connectivity index (χ4n) is 7.72. The first-order chi connectivity index (χ1) is 30.1. The third-order valence-electron chi connectivity index (χ3n) is 10.4. The summed E-state index contributed by atoms with van der Waals surface area (Å²) in [5.74, 6) is 2.21. The second kappa shape index (κ2) is 24.6. The van der Waals surface area contributed by atoms with Gasteiger partial charge in [0, 0.05) is 48.8 Å². The number of ether oxygens (including phenoxy) is 4. The van der Waals surface area contributed by atoms with Gasteiger partial charge >= 0.3 is 0 Å². The highest BCUT2D eigenvalue weighted by Gasteiger charge is 2.41. The van der Waals surface area contributed by atoms with Crippen molar-refractivity contribution in [3.05, 3.63) is 137 Å². The molecule has 0 saturated heterocycles. The maximum atomic E-state index is 9.07. The Morgan fingerprint density at radius 3 is 2.08 bits per heavy atom. The molecule has 1 aromatic heterocycles. The lowest BCUT2D eigenvalue weighted by Gasteiger charge is -2.38. The van der Waals surface area contributed by atoms with Crippen molar-refractivity contribution in [3.63, 3.8) is 0 Å². The molecule has 0 saturated carbocycles.